The van der Waals surface area contributed by atoms with E-state index in [2.05, 4.69) is 5.32 Å². The van der Waals surface area contributed by atoms with Crippen molar-refractivity contribution in [1.29, 1.82) is 0 Å². The van der Waals surface area contributed by atoms with Gasteiger partial charge >= 0.3 is 0 Å². The summed E-state index contributed by atoms with van der Waals surface area (Å²) in [6.07, 6.45) is 1.20. The normalized spacial score (nSPS) is 19.5. The Labute approximate surface area is 214 Å². The smallest absolute Gasteiger partial charge is 0.256 e. The van der Waals surface area contributed by atoms with Crippen molar-refractivity contribution in [2.75, 3.05) is 26.8 Å². The fraction of sp³-hybridized carbons (Fsp3) is 0.444. The molecule has 0 aromatic heterocycles. The van der Waals surface area contributed by atoms with Crippen LogP contribution in [0.4, 0.5) is 8.78 Å². The van der Waals surface area contributed by atoms with Gasteiger partial charge in [-0.2, -0.15) is 0 Å². The summed E-state index contributed by atoms with van der Waals surface area (Å²) in [5.74, 6) is -2.34. The summed E-state index contributed by atoms with van der Waals surface area (Å²) < 4.78 is 38.9. The number of benzene rings is 2. The topological polar surface area (TPSA) is 88.2 Å². The van der Waals surface area contributed by atoms with Gasteiger partial charge in [0.15, 0.2) is 0 Å². The number of hydrogen-bond donors (Lipinski definition) is 1. The van der Waals surface area contributed by atoms with Gasteiger partial charge in [0.1, 0.15) is 29.2 Å². The molecule has 0 radical (unpaired) electrons. The van der Waals surface area contributed by atoms with E-state index in [0.29, 0.717) is 17.4 Å². The van der Waals surface area contributed by atoms with Gasteiger partial charge in [-0.15, -0.1) is 0 Å². The number of nitrogens with zero attached hydrogens (tertiary/aromatic N) is 2. The van der Waals surface area contributed by atoms with Crippen molar-refractivity contribution in [2.24, 2.45) is 0 Å². The van der Waals surface area contributed by atoms with E-state index >= 15 is 0 Å². The number of hydrogen-bond acceptors (Lipinski definition) is 5. The van der Waals surface area contributed by atoms with Crippen LogP contribution >= 0.6 is 0 Å². The summed E-state index contributed by atoms with van der Waals surface area (Å²) in [7, 11) is 1.53. The van der Waals surface area contributed by atoms with E-state index in [1.54, 1.807) is 24.3 Å². The van der Waals surface area contributed by atoms with E-state index in [0.717, 1.165) is 18.6 Å². The Kier molecular flexibility index (Phi) is 7.77. The van der Waals surface area contributed by atoms with Crippen LogP contribution in [0, 0.1) is 11.6 Å². The number of piperidine rings is 1. The van der Waals surface area contributed by atoms with Crippen molar-refractivity contribution in [3.8, 4) is 5.75 Å². The molecule has 8 nitrogen and oxygen atoms in total. The number of carbonyl (C=O) groups excluding carboxylic acids is 3. The molecule has 1 N–H and O–H groups in total. The first kappa shape index (κ1) is 26.5. The average molecular weight is 516 g/mol. The molecule has 2 aliphatic heterocycles. The lowest BCUT2D eigenvalue weighted by Gasteiger charge is -2.44. The molecular formula is C27H31F2N3O5. The predicted octanol–water partition coefficient (Wildman–Crippen LogP) is 3.36. The number of nitrogens with one attached hydrogen (secondary N) is 1. The second kappa shape index (κ2) is 10.8. The summed E-state index contributed by atoms with van der Waals surface area (Å²) in [6.45, 7) is 4.19. The number of ether oxygens (including phenoxy) is 2. The maximum absolute atomic E-state index is 14.2. The molecule has 0 bridgehead atoms. The van der Waals surface area contributed by atoms with Crippen molar-refractivity contribution < 1.29 is 32.6 Å². The van der Waals surface area contributed by atoms with Crippen LogP contribution in [0.3, 0.4) is 0 Å². The van der Waals surface area contributed by atoms with Gasteiger partial charge in [0, 0.05) is 43.6 Å². The Morgan fingerprint density at radius 2 is 1.78 bits per heavy atom. The molecule has 2 heterocycles. The Balaban J connectivity index is 1.58. The fourth-order valence-corrected chi connectivity index (χ4v) is 4.77. The molecular weight excluding hydrogens is 484 g/mol. The highest BCUT2D eigenvalue weighted by atomic mass is 19.1. The lowest BCUT2D eigenvalue weighted by molar-refractivity contribution is -0.128. The summed E-state index contributed by atoms with van der Waals surface area (Å²) in [5.41, 5.74) is -0.951. The number of amides is 3. The lowest BCUT2D eigenvalue weighted by Crippen LogP contribution is -2.60. The van der Waals surface area contributed by atoms with Crippen LogP contribution in [0.15, 0.2) is 42.5 Å². The van der Waals surface area contributed by atoms with Crippen LogP contribution in [0.5, 0.6) is 5.75 Å². The molecule has 2 atom stereocenters. The summed E-state index contributed by atoms with van der Waals surface area (Å²) in [4.78, 5) is 42.8. The van der Waals surface area contributed by atoms with E-state index in [9.17, 15) is 23.2 Å². The Morgan fingerprint density at radius 3 is 2.38 bits per heavy atom. The molecule has 198 valence electrons. The first-order valence-electron chi connectivity index (χ1n) is 12.4. The quantitative estimate of drug-likeness (QED) is 0.638. The third-order valence-corrected chi connectivity index (χ3v) is 7.11. The number of rotatable bonds is 6. The number of halogens is 2. The van der Waals surface area contributed by atoms with Crippen molar-refractivity contribution in [3.05, 3.63) is 65.2 Å². The first-order chi connectivity index (χ1) is 17.7. The van der Waals surface area contributed by atoms with Crippen LogP contribution in [-0.4, -0.2) is 72.1 Å². The summed E-state index contributed by atoms with van der Waals surface area (Å²) in [5, 5.41) is 2.94. The van der Waals surface area contributed by atoms with E-state index in [1.165, 1.54) is 16.9 Å². The highest BCUT2D eigenvalue weighted by Gasteiger charge is 2.54. The molecule has 2 aromatic carbocycles. The lowest BCUT2D eigenvalue weighted by atomic mass is 9.96. The monoisotopic (exact) mass is 515 g/mol. The van der Waals surface area contributed by atoms with Gasteiger partial charge in [0.05, 0.1) is 19.3 Å². The second-order valence-corrected chi connectivity index (χ2v) is 9.41. The predicted molar refractivity (Wildman–Crippen MR) is 131 cm³/mol. The second-order valence-electron chi connectivity index (χ2n) is 9.41. The van der Waals surface area contributed by atoms with E-state index < -0.39 is 29.3 Å². The molecule has 2 saturated heterocycles. The average Bonchev–Trinajstić information content (AvgIpc) is 3.26. The van der Waals surface area contributed by atoms with E-state index in [-0.39, 0.29) is 56.0 Å². The fourth-order valence-electron chi connectivity index (χ4n) is 4.77. The summed E-state index contributed by atoms with van der Waals surface area (Å²) in [6, 6.07) is 8.52. The molecule has 3 amide bonds. The third-order valence-electron chi connectivity index (χ3n) is 7.11. The van der Waals surface area contributed by atoms with Gasteiger partial charge in [0.25, 0.3) is 11.8 Å². The molecule has 0 aliphatic carbocycles. The third kappa shape index (κ3) is 5.29. The van der Waals surface area contributed by atoms with Crippen LogP contribution in [0.2, 0.25) is 0 Å². The van der Waals surface area contributed by atoms with Crippen LogP contribution in [0.25, 0.3) is 0 Å². The first-order valence-corrected chi connectivity index (χ1v) is 12.4. The van der Waals surface area contributed by atoms with Gasteiger partial charge in [0.2, 0.25) is 5.91 Å². The molecule has 2 aliphatic rings. The maximum Gasteiger partial charge on any atom is 0.256 e. The number of likely N-dealkylation sites (tertiary alicyclic amines) is 1. The van der Waals surface area contributed by atoms with Crippen molar-refractivity contribution >= 4 is 17.7 Å². The molecule has 2 aromatic rings. The van der Waals surface area contributed by atoms with Crippen LogP contribution in [-0.2, 0) is 9.53 Å². The van der Waals surface area contributed by atoms with Gasteiger partial charge < -0.3 is 19.7 Å². The van der Waals surface area contributed by atoms with Crippen molar-refractivity contribution in [2.45, 2.75) is 50.9 Å². The molecule has 2 fully saturated rings. The van der Waals surface area contributed by atoms with Crippen molar-refractivity contribution in [1.82, 2.24) is 15.1 Å². The Bertz CT molecular complexity index is 1170. The number of carbonyl (C=O) groups is 3. The number of methoxy groups -OCH3 is 1. The van der Waals surface area contributed by atoms with Crippen LogP contribution < -0.4 is 10.1 Å². The van der Waals surface area contributed by atoms with E-state index in [4.69, 9.17) is 9.47 Å². The summed E-state index contributed by atoms with van der Waals surface area (Å²) >= 11 is 0. The molecule has 37 heavy (non-hydrogen) atoms. The highest BCUT2D eigenvalue weighted by molar-refractivity contribution is 5.99. The van der Waals surface area contributed by atoms with E-state index in [1.807, 2.05) is 13.8 Å². The molecule has 4 rings (SSSR count). The Hall–Kier alpha value is -3.53. The van der Waals surface area contributed by atoms with Crippen molar-refractivity contribution in [3.63, 3.8) is 0 Å². The zero-order valence-corrected chi connectivity index (χ0v) is 21.1. The molecule has 0 saturated carbocycles. The van der Waals surface area contributed by atoms with Gasteiger partial charge in [-0.25, -0.2) is 8.78 Å². The highest BCUT2D eigenvalue weighted by Crippen LogP contribution is 2.39. The minimum Gasteiger partial charge on any atom is -0.497 e. The van der Waals surface area contributed by atoms with Gasteiger partial charge in [-0.1, -0.05) is 6.92 Å². The zero-order valence-electron chi connectivity index (χ0n) is 21.1. The minimum absolute atomic E-state index is 0.0186. The van der Waals surface area contributed by atoms with Gasteiger partial charge in [-0.3, -0.25) is 19.3 Å². The molecule has 10 heteroatoms. The maximum atomic E-state index is 14.2. The molecule has 1 spiro atoms. The minimum atomic E-state index is -1.10. The Morgan fingerprint density at radius 1 is 1.11 bits per heavy atom. The largest absolute Gasteiger partial charge is 0.497 e. The standard InChI is InChI=1S/C27H31F2N3O5/c1-4-17(2)30-24(33)23-16-37-27(32(23)25(34)18-5-8-20(36-3)9-6-18)11-13-31(14-12-27)26(35)21-10-7-19(28)15-22(21)29/h5-10,15,17,23H,4,11-14,16H2,1-3H3,(H,30,33)/t17-,23-/m0/s1. The zero-order chi connectivity index (χ0) is 26.7. The SMILES string of the molecule is CC[C@H](C)NC(=O)[C@@H]1COC2(CCN(C(=O)c3ccc(F)cc3F)CC2)N1C(=O)c1ccc(OC)cc1. The van der Waals surface area contributed by atoms with Gasteiger partial charge in [-0.05, 0) is 49.7 Å². The molecule has 0 unspecified atom stereocenters. The van der Waals surface area contributed by atoms with Crippen LogP contribution in [0.1, 0.15) is 53.8 Å².